The highest BCUT2D eigenvalue weighted by Crippen LogP contribution is 2.35. The lowest BCUT2D eigenvalue weighted by Gasteiger charge is -2.29. The van der Waals surface area contributed by atoms with Gasteiger partial charge in [-0.05, 0) is 39.5 Å². The van der Waals surface area contributed by atoms with Gasteiger partial charge in [-0.2, -0.15) is 0 Å². The SMILES string of the molecule is CCOC(=O)C(CCCCC(=O)NC)(CCCCC(=O)NC)C(=O)OCC. The standard InChI is InChI=1S/C19H34N2O6/c1-5-26-17(24)19(18(25)27-6-2,13-9-7-11-15(22)20-3)14-10-8-12-16(23)21-4/h5-14H2,1-4H3,(H,20,22)(H,21,23). The van der Waals surface area contributed by atoms with E-state index in [1.807, 2.05) is 0 Å². The molecule has 0 heterocycles. The molecule has 0 fully saturated rings. The maximum Gasteiger partial charge on any atom is 0.323 e. The molecule has 0 rings (SSSR count). The number of unbranched alkanes of at least 4 members (excludes halogenated alkanes) is 2. The minimum Gasteiger partial charge on any atom is -0.465 e. The van der Waals surface area contributed by atoms with E-state index in [1.165, 1.54) is 0 Å². The minimum atomic E-state index is -1.39. The number of carbonyl (C=O) groups excluding carboxylic acids is 4. The summed E-state index contributed by atoms with van der Waals surface area (Å²) < 4.78 is 10.4. The summed E-state index contributed by atoms with van der Waals surface area (Å²) in [7, 11) is 3.13. The topological polar surface area (TPSA) is 111 Å². The highest BCUT2D eigenvalue weighted by Gasteiger charge is 2.47. The zero-order chi connectivity index (χ0) is 20.7. The summed E-state index contributed by atoms with van der Waals surface area (Å²) in [4.78, 5) is 48.1. The zero-order valence-corrected chi connectivity index (χ0v) is 17.0. The highest BCUT2D eigenvalue weighted by molar-refractivity contribution is 6.00. The molecule has 0 unspecified atom stereocenters. The van der Waals surface area contributed by atoms with Crippen molar-refractivity contribution in [3.63, 3.8) is 0 Å². The summed E-state index contributed by atoms with van der Waals surface area (Å²) in [5.41, 5.74) is -1.39. The van der Waals surface area contributed by atoms with Crippen LogP contribution in [0.25, 0.3) is 0 Å². The van der Waals surface area contributed by atoms with E-state index in [0.29, 0.717) is 38.5 Å². The predicted octanol–water partition coefficient (Wildman–Crippen LogP) is 1.71. The third-order valence-corrected chi connectivity index (χ3v) is 4.40. The molecule has 0 aliphatic heterocycles. The molecular formula is C19H34N2O6. The van der Waals surface area contributed by atoms with Crippen LogP contribution in [0.1, 0.15) is 65.2 Å². The Morgan fingerprint density at radius 3 is 1.37 bits per heavy atom. The van der Waals surface area contributed by atoms with Crippen molar-refractivity contribution in [1.29, 1.82) is 0 Å². The summed E-state index contributed by atoms with van der Waals surface area (Å²) in [6.45, 7) is 3.70. The molecule has 27 heavy (non-hydrogen) atoms. The molecule has 8 nitrogen and oxygen atoms in total. The molecule has 0 aromatic heterocycles. The lowest BCUT2D eigenvalue weighted by molar-refractivity contribution is -0.173. The van der Waals surface area contributed by atoms with Gasteiger partial charge in [-0.1, -0.05) is 12.8 Å². The molecule has 2 N–H and O–H groups in total. The van der Waals surface area contributed by atoms with Gasteiger partial charge in [0.1, 0.15) is 0 Å². The monoisotopic (exact) mass is 386 g/mol. The molecular weight excluding hydrogens is 352 g/mol. The normalized spacial score (nSPS) is 10.8. The first-order chi connectivity index (χ1) is 12.9. The fourth-order valence-electron chi connectivity index (χ4n) is 2.83. The highest BCUT2D eigenvalue weighted by atomic mass is 16.6. The smallest absolute Gasteiger partial charge is 0.323 e. The van der Waals surface area contributed by atoms with Gasteiger partial charge in [0.05, 0.1) is 13.2 Å². The van der Waals surface area contributed by atoms with Crippen molar-refractivity contribution < 1.29 is 28.7 Å². The Hall–Kier alpha value is -2.12. The van der Waals surface area contributed by atoms with E-state index in [9.17, 15) is 19.2 Å². The van der Waals surface area contributed by atoms with Gasteiger partial charge in [0.15, 0.2) is 5.41 Å². The van der Waals surface area contributed by atoms with Crippen molar-refractivity contribution in [2.24, 2.45) is 5.41 Å². The van der Waals surface area contributed by atoms with Crippen molar-refractivity contribution in [2.75, 3.05) is 27.3 Å². The number of amides is 2. The van der Waals surface area contributed by atoms with Gasteiger partial charge in [-0.25, -0.2) is 0 Å². The molecule has 156 valence electrons. The third-order valence-electron chi connectivity index (χ3n) is 4.40. The molecule has 0 aliphatic rings. The van der Waals surface area contributed by atoms with Crippen LogP contribution in [0.5, 0.6) is 0 Å². The van der Waals surface area contributed by atoms with Crippen LogP contribution in [0.3, 0.4) is 0 Å². The summed E-state index contributed by atoms with van der Waals surface area (Å²) in [6.07, 6.45) is 3.30. The maximum atomic E-state index is 12.7. The van der Waals surface area contributed by atoms with E-state index in [2.05, 4.69) is 10.6 Å². The van der Waals surface area contributed by atoms with Crippen LogP contribution in [0.2, 0.25) is 0 Å². The van der Waals surface area contributed by atoms with Crippen molar-refractivity contribution in [1.82, 2.24) is 10.6 Å². The lowest BCUT2D eigenvalue weighted by Crippen LogP contribution is -2.42. The fourth-order valence-corrected chi connectivity index (χ4v) is 2.83. The molecule has 0 aliphatic carbocycles. The molecule has 0 spiro atoms. The second-order valence-electron chi connectivity index (χ2n) is 6.28. The summed E-state index contributed by atoms with van der Waals surface area (Å²) in [5.74, 6) is -1.36. The van der Waals surface area contributed by atoms with E-state index in [4.69, 9.17) is 9.47 Å². The second-order valence-corrected chi connectivity index (χ2v) is 6.28. The summed E-state index contributed by atoms with van der Waals surface area (Å²) in [6, 6.07) is 0. The number of esters is 2. The number of rotatable bonds is 14. The second kappa shape index (κ2) is 14.0. The van der Waals surface area contributed by atoms with Crippen LogP contribution in [0.15, 0.2) is 0 Å². The van der Waals surface area contributed by atoms with Gasteiger partial charge in [-0.3, -0.25) is 19.2 Å². The Morgan fingerprint density at radius 2 is 1.07 bits per heavy atom. The Kier molecular flexibility index (Phi) is 12.9. The van der Waals surface area contributed by atoms with Crippen molar-refractivity contribution >= 4 is 23.8 Å². The van der Waals surface area contributed by atoms with Gasteiger partial charge in [0.25, 0.3) is 0 Å². The Bertz CT molecular complexity index is 449. The van der Waals surface area contributed by atoms with Crippen molar-refractivity contribution in [3.8, 4) is 0 Å². The molecule has 0 atom stereocenters. The van der Waals surface area contributed by atoms with Gasteiger partial charge in [0.2, 0.25) is 11.8 Å². The van der Waals surface area contributed by atoms with E-state index in [1.54, 1.807) is 27.9 Å². The molecule has 0 radical (unpaired) electrons. The first-order valence-corrected chi connectivity index (χ1v) is 9.63. The van der Waals surface area contributed by atoms with Crippen molar-refractivity contribution in [3.05, 3.63) is 0 Å². The molecule has 0 aromatic carbocycles. The average Bonchev–Trinajstić information content (AvgIpc) is 2.66. The van der Waals surface area contributed by atoms with E-state index in [0.717, 1.165) is 0 Å². The first-order valence-electron chi connectivity index (χ1n) is 9.63. The van der Waals surface area contributed by atoms with Crippen LogP contribution in [-0.4, -0.2) is 51.1 Å². The van der Waals surface area contributed by atoms with Crippen LogP contribution < -0.4 is 10.6 Å². The zero-order valence-electron chi connectivity index (χ0n) is 17.0. The van der Waals surface area contributed by atoms with Gasteiger partial charge < -0.3 is 20.1 Å². The van der Waals surface area contributed by atoms with Gasteiger partial charge in [0, 0.05) is 26.9 Å². The van der Waals surface area contributed by atoms with Crippen LogP contribution >= 0.6 is 0 Å². The number of nitrogens with one attached hydrogen (secondary N) is 2. The molecule has 0 saturated heterocycles. The number of hydrogen-bond donors (Lipinski definition) is 2. The predicted molar refractivity (Wildman–Crippen MR) is 101 cm³/mol. The van der Waals surface area contributed by atoms with Crippen LogP contribution in [-0.2, 0) is 28.7 Å². The quantitative estimate of drug-likeness (QED) is 0.267. The number of carbonyl (C=O) groups is 4. The maximum absolute atomic E-state index is 12.7. The molecule has 0 aromatic rings. The van der Waals surface area contributed by atoms with Gasteiger partial charge in [-0.15, -0.1) is 0 Å². The summed E-state index contributed by atoms with van der Waals surface area (Å²) in [5, 5.41) is 5.09. The van der Waals surface area contributed by atoms with Crippen LogP contribution in [0, 0.1) is 5.41 Å². The van der Waals surface area contributed by atoms with E-state index < -0.39 is 17.4 Å². The number of ether oxygens (including phenoxy) is 2. The lowest BCUT2D eigenvalue weighted by atomic mass is 9.77. The minimum absolute atomic E-state index is 0.0848. The Balaban J connectivity index is 5.16. The third kappa shape index (κ3) is 8.88. The molecule has 0 saturated carbocycles. The van der Waals surface area contributed by atoms with Gasteiger partial charge >= 0.3 is 11.9 Å². The largest absolute Gasteiger partial charge is 0.465 e. The number of hydrogen-bond acceptors (Lipinski definition) is 6. The van der Waals surface area contributed by atoms with Crippen LogP contribution in [0.4, 0.5) is 0 Å². The Labute approximate surface area is 161 Å². The molecule has 0 bridgehead atoms. The Morgan fingerprint density at radius 1 is 0.704 bits per heavy atom. The first kappa shape index (κ1) is 24.9. The van der Waals surface area contributed by atoms with Crippen molar-refractivity contribution in [2.45, 2.75) is 65.2 Å². The summed E-state index contributed by atoms with van der Waals surface area (Å²) >= 11 is 0. The molecule has 8 heteroatoms. The van der Waals surface area contributed by atoms with E-state index in [-0.39, 0.29) is 37.9 Å². The average molecular weight is 386 g/mol. The van der Waals surface area contributed by atoms with E-state index >= 15 is 0 Å². The molecule has 2 amide bonds. The fraction of sp³-hybridized carbons (Fsp3) is 0.789.